The first kappa shape index (κ1) is 15.1. The van der Waals surface area contributed by atoms with E-state index in [4.69, 9.17) is 4.74 Å². The third-order valence-electron chi connectivity index (χ3n) is 3.30. The van der Waals surface area contributed by atoms with E-state index in [9.17, 15) is 10.2 Å². The SMILES string of the molecule is COc1cccc(C=NC(C)C(O)c2ccccc2)c1O. The van der Waals surface area contributed by atoms with Gasteiger partial charge in [0, 0.05) is 11.8 Å². The summed E-state index contributed by atoms with van der Waals surface area (Å²) in [5, 5.41) is 20.2. The van der Waals surface area contributed by atoms with Gasteiger partial charge in [-0.1, -0.05) is 36.4 Å². The Morgan fingerprint density at radius 1 is 1.10 bits per heavy atom. The third kappa shape index (κ3) is 3.61. The number of nitrogens with zero attached hydrogens (tertiary/aromatic N) is 1. The molecular weight excluding hydrogens is 266 g/mol. The van der Waals surface area contributed by atoms with Gasteiger partial charge in [-0.2, -0.15) is 0 Å². The van der Waals surface area contributed by atoms with Gasteiger partial charge in [0.25, 0.3) is 0 Å². The van der Waals surface area contributed by atoms with Gasteiger partial charge in [-0.25, -0.2) is 0 Å². The summed E-state index contributed by atoms with van der Waals surface area (Å²) < 4.78 is 5.05. The Labute approximate surface area is 124 Å². The van der Waals surface area contributed by atoms with Gasteiger partial charge >= 0.3 is 0 Å². The third-order valence-corrected chi connectivity index (χ3v) is 3.30. The summed E-state index contributed by atoms with van der Waals surface area (Å²) >= 11 is 0. The zero-order chi connectivity index (χ0) is 15.2. The van der Waals surface area contributed by atoms with Gasteiger partial charge in [0.1, 0.15) is 6.10 Å². The molecule has 0 radical (unpaired) electrons. The number of aliphatic hydroxyl groups excluding tert-OH is 1. The van der Waals surface area contributed by atoms with E-state index in [0.29, 0.717) is 11.3 Å². The molecule has 2 aromatic rings. The number of aromatic hydroxyl groups is 1. The molecule has 2 aromatic carbocycles. The predicted molar refractivity (Wildman–Crippen MR) is 83.1 cm³/mol. The van der Waals surface area contributed by atoms with Crippen LogP contribution in [-0.4, -0.2) is 29.6 Å². The highest BCUT2D eigenvalue weighted by Gasteiger charge is 2.14. The van der Waals surface area contributed by atoms with Crippen molar-refractivity contribution in [2.45, 2.75) is 19.1 Å². The molecule has 0 aliphatic carbocycles. The summed E-state index contributed by atoms with van der Waals surface area (Å²) in [7, 11) is 1.50. The van der Waals surface area contributed by atoms with Crippen LogP contribution >= 0.6 is 0 Å². The van der Waals surface area contributed by atoms with Gasteiger partial charge in [-0.3, -0.25) is 4.99 Å². The number of ether oxygens (including phenoxy) is 1. The van der Waals surface area contributed by atoms with Crippen molar-refractivity contribution in [3.8, 4) is 11.5 Å². The summed E-state index contributed by atoms with van der Waals surface area (Å²) in [6, 6.07) is 14.2. The standard InChI is InChI=1S/C17H19NO3/c1-12(16(19)13-7-4-3-5-8-13)18-11-14-9-6-10-15(21-2)17(14)20/h3-12,16,19-20H,1-2H3. The molecule has 0 saturated heterocycles. The second-order valence-corrected chi connectivity index (χ2v) is 4.77. The minimum absolute atomic E-state index is 0.0464. The van der Waals surface area contributed by atoms with Crippen molar-refractivity contribution in [1.82, 2.24) is 0 Å². The van der Waals surface area contributed by atoms with Crippen LogP contribution in [-0.2, 0) is 0 Å². The smallest absolute Gasteiger partial charge is 0.166 e. The molecule has 0 saturated carbocycles. The lowest BCUT2D eigenvalue weighted by Crippen LogP contribution is -2.12. The van der Waals surface area contributed by atoms with Crippen LogP contribution in [0.15, 0.2) is 53.5 Å². The normalized spacial score (nSPS) is 14.0. The van der Waals surface area contributed by atoms with E-state index in [1.165, 1.54) is 7.11 Å². The first-order valence-electron chi connectivity index (χ1n) is 6.75. The number of hydrogen-bond acceptors (Lipinski definition) is 4. The number of aliphatic hydroxyl groups is 1. The minimum atomic E-state index is -0.685. The van der Waals surface area contributed by atoms with E-state index in [1.807, 2.05) is 37.3 Å². The fourth-order valence-electron chi connectivity index (χ4n) is 2.02. The Balaban J connectivity index is 2.14. The highest BCUT2D eigenvalue weighted by molar-refractivity contribution is 5.84. The van der Waals surface area contributed by atoms with Gasteiger partial charge in [0.05, 0.1) is 13.2 Å². The maximum absolute atomic E-state index is 10.2. The van der Waals surface area contributed by atoms with E-state index in [2.05, 4.69) is 4.99 Å². The Kier molecular flexibility index (Phi) is 4.95. The average molecular weight is 285 g/mol. The zero-order valence-electron chi connectivity index (χ0n) is 12.1. The van der Waals surface area contributed by atoms with E-state index < -0.39 is 6.10 Å². The summed E-state index contributed by atoms with van der Waals surface area (Å²) in [4.78, 5) is 4.32. The van der Waals surface area contributed by atoms with E-state index in [-0.39, 0.29) is 11.8 Å². The number of hydrogen-bond donors (Lipinski definition) is 2. The molecule has 21 heavy (non-hydrogen) atoms. The fraction of sp³-hybridized carbons (Fsp3) is 0.235. The van der Waals surface area contributed by atoms with Crippen molar-refractivity contribution < 1.29 is 14.9 Å². The number of aliphatic imine (C=N–C) groups is 1. The van der Waals surface area contributed by atoms with Crippen LogP contribution in [0.4, 0.5) is 0 Å². The predicted octanol–water partition coefficient (Wildman–Crippen LogP) is 2.94. The van der Waals surface area contributed by atoms with Gasteiger partial charge in [-0.05, 0) is 24.6 Å². The summed E-state index contributed by atoms with van der Waals surface area (Å²) in [5.74, 6) is 0.445. The molecule has 4 heteroatoms. The maximum atomic E-state index is 10.2. The number of para-hydroxylation sites is 1. The van der Waals surface area contributed by atoms with Crippen LogP contribution in [0.3, 0.4) is 0 Å². The second-order valence-electron chi connectivity index (χ2n) is 4.77. The molecule has 2 rings (SSSR count). The van der Waals surface area contributed by atoms with Crippen molar-refractivity contribution in [3.63, 3.8) is 0 Å². The molecule has 0 aliphatic rings. The lowest BCUT2D eigenvalue weighted by Gasteiger charge is -2.15. The molecule has 110 valence electrons. The summed E-state index contributed by atoms with van der Waals surface area (Å²) in [5.41, 5.74) is 1.37. The number of phenolic OH excluding ortho intramolecular Hbond substituents is 1. The Morgan fingerprint density at radius 3 is 2.48 bits per heavy atom. The van der Waals surface area contributed by atoms with Gasteiger partial charge in [0.15, 0.2) is 11.5 Å². The molecule has 2 atom stereocenters. The lowest BCUT2D eigenvalue weighted by molar-refractivity contribution is 0.154. The van der Waals surface area contributed by atoms with Crippen molar-refractivity contribution in [1.29, 1.82) is 0 Å². The first-order chi connectivity index (χ1) is 10.1. The molecule has 0 aliphatic heterocycles. The van der Waals surface area contributed by atoms with Crippen LogP contribution in [0.2, 0.25) is 0 Å². The Hall–Kier alpha value is -2.33. The monoisotopic (exact) mass is 285 g/mol. The molecule has 0 fully saturated rings. The Bertz CT molecular complexity index is 611. The largest absolute Gasteiger partial charge is 0.504 e. The number of benzene rings is 2. The van der Waals surface area contributed by atoms with E-state index >= 15 is 0 Å². The highest BCUT2D eigenvalue weighted by atomic mass is 16.5. The molecular formula is C17H19NO3. The second kappa shape index (κ2) is 6.90. The van der Waals surface area contributed by atoms with E-state index in [1.54, 1.807) is 24.4 Å². The number of rotatable bonds is 5. The molecule has 2 N–H and O–H groups in total. The zero-order valence-corrected chi connectivity index (χ0v) is 12.1. The average Bonchev–Trinajstić information content (AvgIpc) is 2.53. The van der Waals surface area contributed by atoms with Crippen LogP contribution < -0.4 is 4.74 Å². The highest BCUT2D eigenvalue weighted by Crippen LogP contribution is 2.28. The minimum Gasteiger partial charge on any atom is -0.504 e. The number of methoxy groups -OCH3 is 1. The first-order valence-corrected chi connectivity index (χ1v) is 6.75. The van der Waals surface area contributed by atoms with Crippen molar-refractivity contribution in [2.75, 3.05) is 7.11 Å². The quantitative estimate of drug-likeness (QED) is 0.830. The topological polar surface area (TPSA) is 62.0 Å². The van der Waals surface area contributed by atoms with Crippen LogP contribution in [0.5, 0.6) is 11.5 Å². The van der Waals surface area contributed by atoms with E-state index in [0.717, 1.165) is 5.56 Å². The van der Waals surface area contributed by atoms with Crippen molar-refractivity contribution >= 4 is 6.21 Å². The van der Waals surface area contributed by atoms with Gasteiger partial charge < -0.3 is 14.9 Å². The summed E-state index contributed by atoms with van der Waals surface area (Å²) in [6.45, 7) is 1.82. The maximum Gasteiger partial charge on any atom is 0.166 e. The molecule has 0 spiro atoms. The Morgan fingerprint density at radius 2 is 1.81 bits per heavy atom. The van der Waals surface area contributed by atoms with Crippen molar-refractivity contribution in [2.24, 2.45) is 4.99 Å². The fourth-order valence-corrected chi connectivity index (χ4v) is 2.02. The lowest BCUT2D eigenvalue weighted by atomic mass is 10.0. The van der Waals surface area contributed by atoms with Gasteiger partial charge in [-0.15, -0.1) is 0 Å². The molecule has 0 aromatic heterocycles. The molecule has 2 unspecified atom stereocenters. The molecule has 0 bridgehead atoms. The summed E-state index contributed by atoms with van der Waals surface area (Å²) in [6.07, 6.45) is 0.865. The van der Waals surface area contributed by atoms with Crippen LogP contribution in [0, 0.1) is 0 Å². The molecule has 0 amide bonds. The van der Waals surface area contributed by atoms with Crippen LogP contribution in [0.25, 0.3) is 0 Å². The molecule has 4 nitrogen and oxygen atoms in total. The van der Waals surface area contributed by atoms with Crippen LogP contribution in [0.1, 0.15) is 24.2 Å². The van der Waals surface area contributed by atoms with Crippen molar-refractivity contribution in [3.05, 3.63) is 59.7 Å². The molecule has 0 heterocycles. The number of phenols is 1. The van der Waals surface area contributed by atoms with Gasteiger partial charge in [0.2, 0.25) is 0 Å².